The van der Waals surface area contributed by atoms with Crippen molar-refractivity contribution >= 4 is 0 Å². The predicted octanol–water partition coefficient (Wildman–Crippen LogP) is 2.02. The third kappa shape index (κ3) is 2.29. The molecule has 1 atom stereocenters. The Labute approximate surface area is 110 Å². The Hall–Kier alpha value is -2.37. The van der Waals surface area contributed by atoms with Crippen molar-refractivity contribution in [1.82, 2.24) is 15.2 Å². The van der Waals surface area contributed by atoms with Crippen LogP contribution in [0.25, 0.3) is 5.69 Å². The largest absolute Gasteiger partial charge is 0.472 e. The highest BCUT2D eigenvalue weighted by Crippen LogP contribution is 2.22. The maximum atomic E-state index is 5.62. The fraction of sp³-hybridized carbons (Fsp3) is 0.0714. The average Bonchev–Trinajstić information content (AvgIpc) is 3.12. The van der Waals surface area contributed by atoms with Crippen LogP contribution in [-0.4, -0.2) is 9.78 Å². The highest BCUT2D eigenvalue weighted by Gasteiger charge is 2.15. The van der Waals surface area contributed by atoms with E-state index in [9.17, 15) is 0 Å². The number of hydrogen-bond donors (Lipinski definition) is 2. The van der Waals surface area contributed by atoms with Crippen LogP contribution in [-0.2, 0) is 0 Å². The molecular weight excluding hydrogens is 240 g/mol. The number of nitrogens with two attached hydrogens (primary N) is 1. The first-order valence-electron chi connectivity index (χ1n) is 5.96. The predicted molar refractivity (Wildman–Crippen MR) is 71.4 cm³/mol. The first kappa shape index (κ1) is 11.7. The molecular formula is C14H14N4O. The topological polar surface area (TPSA) is 69.0 Å². The van der Waals surface area contributed by atoms with Crippen LogP contribution in [0, 0.1) is 0 Å². The highest BCUT2D eigenvalue weighted by atomic mass is 16.3. The molecule has 0 saturated carbocycles. The van der Waals surface area contributed by atoms with Gasteiger partial charge >= 0.3 is 0 Å². The fourth-order valence-electron chi connectivity index (χ4n) is 2.03. The summed E-state index contributed by atoms with van der Waals surface area (Å²) in [6, 6.07) is 11.7. The number of nitrogens with zero attached hydrogens (tertiary/aromatic N) is 2. The van der Waals surface area contributed by atoms with Crippen LogP contribution < -0.4 is 11.3 Å². The second-order valence-corrected chi connectivity index (χ2v) is 4.21. The van der Waals surface area contributed by atoms with Crippen molar-refractivity contribution in [2.24, 2.45) is 5.84 Å². The summed E-state index contributed by atoms with van der Waals surface area (Å²) in [5.41, 5.74) is 5.73. The number of hydrazine groups is 1. The van der Waals surface area contributed by atoms with E-state index in [2.05, 4.69) is 10.5 Å². The Kier molecular flexibility index (Phi) is 3.14. The van der Waals surface area contributed by atoms with Crippen LogP contribution in [0.4, 0.5) is 0 Å². The third-order valence-corrected chi connectivity index (χ3v) is 3.00. The Bertz CT molecular complexity index is 631. The lowest BCUT2D eigenvalue weighted by molar-refractivity contribution is 0.553. The number of aromatic nitrogens is 2. The van der Waals surface area contributed by atoms with Crippen LogP contribution in [0.2, 0.25) is 0 Å². The van der Waals surface area contributed by atoms with E-state index in [1.165, 1.54) is 0 Å². The second kappa shape index (κ2) is 5.09. The van der Waals surface area contributed by atoms with Gasteiger partial charge in [-0.15, -0.1) is 0 Å². The quantitative estimate of drug-likeness (QED) is 0.552. The molecule has 5 nitrogen and oxygen atoms in total. The van der Waals surface area contributed by atoms with Gasteiger partial charge < -0.3 is 4.42 Å². The van der Waals surface area contributed by atoms with E-state index in [1.807, 2.05) is 47.3 Å². The van der Waals surface area contributed by atoms with Crippen molar-refractivity contribution in [2.75, 3.05) is 0 Å². The van der Waals surface area contributed by atoms with E-state index in [1.54, 1.807) is 18.7 Å². The molecule has 0 aliphatic carbocycles. The van der Waals surface area contributed by atoms with Crippen molar-refractivity contribution in [3.8, 4) is 5.69 Å². The summed E-state index contributed by atoms with van der Waals surface area (Å²) in [4.78, 5) is 0. The SMILES string of the molecule is NNC(c1ccoc1)c1cnn(-c2ccccc2)c1. The molecule has 0 saturated heterocycles. The summed E-state index contributed by atoms with van der Waals surface area (Å²) in [6.07, 6.45) is 7.04. The van der Waals surface area contributed by atoms with Gasteiger partial charge in [-0.1, -0.05) is 18.2 Å². The van der Waals surface area contributed by atoms with Gasteiger partial charge in [-0.3, -0.25) is 5.84 Å². The molecule has 3 N–H and O–H groups in total. The van der Waals surface area contributed by atoms with E-state index >= 15 is 0 Å². The molecule has 0 spiro atoms. The van der Waals surface area contributed by atoms with Gasteiger partial charge in [0.15, 0.2) is 0 Å². The molecule has 0 aliphatic rings. The van der Waals surface area contributed by atoms with Crippen molar-refractivity contribution in [2.45, 2.75) is 6.04 Å². The molecule has 2 aromatic heterocycles. The summed E-state index contributed by atoms with van der Waals surface area (Å²) in [6.45, 7) is 0. The Morgan fingerprint density at radius 1 is 1.16 bits per heavy atom. The van der Waals surface area contributed by atoms with Crippen LogP contribution in [0.1, 0.15) is 17.2 Å². The zero-order valence-corrected chi connectivity index (χ0v) is 10.2. The molecule has 1 unspecified atom stereocenters. The summed E-state index contributed by atoms with van der Waals surface area (Å²) in [7, 11) is 0. The average molecular weight is 254 g/mol. The fourth-order valence-corrected chi connectivity index (χ4v) is 2.03. The van der Waals surface area contributed by atoms with Gasteiger partial charge in [0.2, 0.25) is 0 Å². The van der Waals surface area contributed by atoms with Gasteiger partial charge in [0.25, 0.3) is 0 Å². The number of furan rings is 1. The zero-order valence-electron chi connectivity index (χ0n) is 10.2. The minimum Gasteiger partial charge on any atom is -0.472 e. The molecule has 3 rings (SSSR count). The van der Waals surface area contributed by atoms with Gasteiger partial charge in [0.1, 0.15) is 0 Å². The lowest BCUT2D eigenvalue weighted by Crippen LogP contribution is -2.28. The number of benzene rings is 1. The molecule has 2 heterocycles. The maximum absolute atomic E-state index is 5.62. The second-order valence-electron chi connectivity index (χ2n) is 4.21. The number of para-hydroxylation sites is 1. The molecule has 0 amide bonds. The van der Waals surface area contributed by atoms with E-state index in [0.717, 1.165) is 16.8 Å². The van der Waals surface area contributed by atoms with Gasteiger partial charge in [0, 0.05) is 17.3 Å². The minimum absolute atomic E-state index is 0.129. The normalized spacial score (nSPS) is 12.5. The van der Waals surface area contributed by atoms with Crippen molar-refractivity contribution in [3.63, 3.8) is 0 Å². The molecule has 0 radical (unpaired) electrons. The van der Waals surface area contributed by atoms with E-state index in [4.69, 9.17) is 10.3 Å². The third-order valence-electron chi connectivity index (χ3n) is 3.00. The standard InChI is InChI=1S/C14H14N4O/c15-17-14(11-6-7-19-10-11)12-8-16-18(9-12)13-4-2-1-3-5-13/h1-10,14,17H,15H2. The lowest BCUT2D eigenvalue weighted by Gasteiger charge is -2.11. The van der Waals surface area contributed by atoms with Crippen LogP contribution >= 0.6 is 0 Å². The number of hydrogen-bond acceptors (Lipinski definition) is 4. The van der Waals surface area contributed by atoms with E-state index < -0.39 is 0 Å². The zero-order chi connectivity index (χ0) is 13.1. The van der Waals surface area contributed by atoms with Gasteiger partial charge in [-0.05, 0) is 18.2 Å². The first-order chi connectivity index (χ1) is 9.38. The molecule has 5 heteroatoms. The minimum atomic E-state index is -0.129. The Morgan fingerprint density at radius 2 is 2.00 bits per heavy atom. The molecule has 0 bridgehead atoms. The molecule has 96 valence electrons. The smallest absolute Gasteiger partial charge is 0.0954 e. The molecule has 0 aliphatic heterocycles. The Balaban J connectivity index is 1.93. The van der Waals surface area contributed by atoms with E-state index in [0.29, 0.717) is 0 Å². The molecule has 3 aromatic rings. The first-order valence-corrected chi connectivity index (χ1v) is 5.96. The Morgan fingerprint density at radius 3 is 2.68 bits per heavy atom. The van der Waals surface area contributed by atoms with Crippen LogP contribution in [0.15, 0.2) is 65.7 Å². The van der Waals surface area contributed by atoms with Crippen LogP contribution in [0.3, 0.4) is 0 Å². The van der Waals surface area contributed by atoms with Crippen molar-refractivity contribution in [1.29, 1.82) is 0 Å². The highest BCUT2D eigenvalue weighted by molar-refractivity contribution is 5.33. The maximum Gasteiger partial charge on any atom is 0.0954 e. The van der Waals surface area contributed by atoms with Gasteiger partial charge in [-0.2, -0.15) is 5.10 Å². The van der Waals surface area contributed by atoms with Crippen molar-refractivity contribution < 1.29 is 4.42 Å². The van der Waals surface area contributed by atoms with Gasteiger partial charge in [0.05, 0.1) is 30.5 Å². The van der Waals surface area contributed by atoms with Crippen molar-refractivity contribution in [3.05, 3.63) is 72.4 Å². The number of rotatable bonds is 4. The molecule has 1 aromatic carbocycles. The molecule has 19 heavy (non-hydrogen) atoms. The number of nitrogens with one attached hydrogen (secondary N) is 1. The lowest BCUT2D eigenvalue weighted by atomic mass is 10.1. The summed E-state index contributed by atoms with van der Waals surface area (Å²) in [5, 5.41) is 4.36. The molecule has 0 fully saturated rings. The monoisotopic (exact) mass is 254 g/mol. The summed E-state index contributed by atoms with van der Waals surface area (Å²) < 4.78 is 6.91. The van der Waals surface area contributed by atoms with E-state index in [-0.39, 0.29) is 6.04 Å². The van der Waals surface area contributed by atoms with Gasteiger partial charge in [-0.25, -0.2) is 10.1 Å². The van der Waals surface area contributed by atoms with Crippen LogP contribution in [0.5, 0.6) is 0 Å². The summed E-state index contributed by atoms with van der Waals surface area (Å²) >= 11 is 0. The summed E-state index contributed by atoms with van der Waals surface area (Å²) in [5.74, 6) is 5.62.